The molecule has 0 bridgehead atoms. The van der Waals surface area contributed by atoms with Crippen LogP contribution < -0.4 is 5.32 Å². The van der Waals surface area contributed by atoms with Crippen LogP contribution in [0.1, 0.15) is 40.5 Å². The van der Waals surface area contributed by atoms with Crippen LogP contribution in [0.25, 0.3) is 0 Å². The Labute approximate surface area is 111 Å². The molecule has 104 valence electrons. The van der Waals surface area contributed by atoms with Gasteiger partial charge in [-0.05, 0) is 33.6 Å². The fourth-order valence-electron chi connectivity index (χ4n) is 2.52. The zero-order chi connectivity index (χ0) is 13.6. The normalized spacial score (nSPS) is 24.8. The van der Waals surface area contributed by atoms with Gasteiger partial charge in [0, 0.05) is 25.2 Å². The lowest BCUT2D eigenvalue weighted by atomic mass is 9.97. The molecule has 0 spiro atoms. The van der Waals surface area contributed by atoms with E-state index in [2.05, 4.69) is 37.1 Å². The molecule has 4 nitrogen and oxygen atoms in total. The maximum atomic E-state index is 9.33. The van der Waals surface area contributed by atoms with Crippen LogP contribution in [0, 0.1) is 11.3 Å². The van der Waals surface area contributed by atoms with Gasteiger partial charge in [-0.3, -0.25) is 10.2 Å². The van der Waals surface area contributed by atoms with Crippen LogP contribution in [0.2, 0.25) is 0 Å². The van der Waals surface area contributed by atoms with E-state index in [1.807, 2.05) is 6.92 Å². The maximum absolute atomic E-state index is 9.33. The minimum absolute atomic E-state index is 0.335. The van der Waals surface area contributed by atoms with E-state index in [0.717, 1.165) is 39.1 Å². The van der Waals surface area contributed by atoms with E-state index in [0.29, 0.717) is 12.1 Å². The van der Waals surface area contributed by atoms with Crippen LogP contribution in [-0.4, -0.2) is 48.8 Å². The lowest BCUT2D eigenvalue weighted by molar-refractivity contribution is -0.0110. The summed E-state index contributed by atoms with van der Waals surface area (Å²) in [5.74, 6) is 0. The molecule has 0 radical (unpaired) electrons. The minimum atomic E-state index is -0.426. The topological polar surface area (TPSA) is 48.3 Å². The van der Waals surface area contributed by atoms with E-state index in [1.165, 1.54) is 0 Å². The van der Waals surface area contributed by atoms with Crippen molar-refractivity contribution in [3.63, 3.8) is 0 Å². The van der Waals surface area contributed by atoms with Crippen molar-refractivity contribution in [2.45, 2.75) is 58.2 Å². The Morgan fingerprint density at radius 1 is 1.56 bits per heavy atom. The SMILES string of the molecule is CCC1COCCN1CCC(C)(C#N)NC(C)C. The van der Waals surface area contributed by atoms with Gasteiger partial charge in [0.25, 0.3) is 0 Å². The number of nitriles is 1. The molecular formula is C14H27N3O. The van der Waals surface area contributed by atoms with Gasteiger partial charge in [-0.25, -0.2) is 0 Å². The Hall–Kier alpha value is -0.630. The monoisotopic (exact) mass is 253 g/mol. The van der Waals surface area contributed by atoms with E-state index < -0.39 is 5.54 Å². The molecule has 1 rings (SSSR count). The molecule has 0 aromatic heterocycles. The summed E-state index contributed by atoms with van der Waals surface area (Å²) in [5.41, 5.74) is -0.426. The number of ether oxygens (including phenoxy) is 1. The third-order valence-electron chi connectivity index (χ3n) is 3.57. The molecule has 2 atom stereocenters. The van der Waals surface area contributed by atoms with Crippen LogP contribution >= 0.6 is 0 Å². The Morgan fingerprint density at radius 3 is 2.83 bits per heavy atom. The molecule has 0 amide bonds. The van der Waals surface area contributed by atoms with Gasteiger partial charge in [0.05, 0.1) is 19.3 Å². The number of nitrogens with one attached hydrogen (secondary N) is 1. The first-order chi connectivity index (χ1) is 8.50. The molecule has 1 fully saturated rings. The molecule has 2 unspecified atom stereocenters. The van der Waals surface area contributed by atoms with Crippen molar-refractivity contribution in [3.8, 4) is 6.07 Å². The molecule has 4 heteroatoms. The number of hydrogen-bond acceptors (Lipinski definition) is 4. The van der Waals surface area contributed by atoms with Crippen LogP contribution in [0.3, 0.4) is 0 Å². The molecule has 0 aromatic carbocycles. The summed E-state index contributed by atoms with van der Waals surface area (Å²) in [6.07, 6.45) is 1.97. The number of nitrogens with zero attached hydrogens (tertiary/aromatic N) is 2. The second kappa shape index (κ2) is 7.08. The Morgan fingerprint density at radius 2 is 2.28 bits per heavy atom. The molecule has 0 aliphatic carbocycles. The maximum Gasteiger partial charge on any atom is 0.105 e. The second-order valence-electron chi connectivity index (χ2n) is 5.67. The highest BCUT2D eigenvalue weighted by atomic mass is 16.5. The quantitative estimate of drug-likeness (QED) is 0.783. The molecular weight excluding hydrogens is 226 g/mol. The lowest BCUT2D eigenvalue weighted by Crippen LogP contribution is -2.50. The van der Waals surface area contributed by atoms with Gasteiger partial charge in [0.2, 0.25) is 0 Å². The third-order valence-corrected chi connectivity index (χ3v) is 3.57. The molecule has 1 N–H and O–H groups in total. The van der Waals surface area contributed by atoms with Gasteiger partial charge in [-0.1, -0.05) is 6.92 Å². The van der Waals surface area contributed by atoms with E-state index >= 15 is 0 Å². The zero-order valence-electron chi connectivity index (χ0n) is 12.2. The Bertz CT molecular complexity index is 287. The standard InChI is InChI=1S/C14H27N3O/c1-5-13-10-18-9-8-17(13)7-6-14(4,11-15)16-12(2)3/h12-13,16H,5-10H2,1-4H3. The predicted octanol–water partition coefficient (Wildman–Crippen LogP) is 1.77. The van der Waals surface area contributed by atoms with Crippen molar-refractivity contribution in [1.29, 1.82) is 5.26 Å². The van der Waals surface area contributed by atoms with Crippen LogP contribution in [-0.2, 0) is 4.74 Å². The highest BCUT2D eigenvalue weighted by Gasteiger charge is 2.28. The minimum Gasteiger partial charge on any atom is -0.378 e. The van der Waals surface area contributed by atoms with Crippen LogP contribution in [0.5, 0.6) is 0 Å². The number of rotatable bonds is 6. The molecule has 1 saturated heterocycles. The van der Waals surface area contributed by atoms with Gasteiger partial charge >= 0.3 is 0 Å². The highest BCUT2D eigenvalue weighted by molar-refractivity contribution is 5.04. The van der Waals surface area contributed by atoms with E-state index in [1.54, 1.807) is 0 Å². The lowest BCUT2D eigenvalue weighted by Gasteiger charge is -2.37. The summed E-state index contributed by atoms with van der Waals surface area (Å²) in [6, 6.07) is 3.26. The first kappa shape index (κ1) is 15.4. The summed E-state index contributed by atoms with van der Waals surface area (Å²) in [4.78, 5) is 2.46. The van der Waals surface area contributed by atoms with Crippen molar-refractivity contribution in [2.75, 3.05) is 26.3 Å². The average Bonchev–Trinajstić information content (AvgIpc) is 2.36. The highest BCUT2D eigenvalue weighted by Crippen LogP contribution is 2.15. The summed E-state index contributed by atoms with van der Waals surface area (Å²) < 4.78 is 5.50. The third kappa shape index (κ3) is 4.56. The Balaban J connectivity index is 2.48. The molecule has 0 saturated carbocycles. The first-order valence-corrected chi connectivity index (χ1v) is 7.01. The number of morpholine rings is 1. The van der Waals surface area contributed by atoms with E-state index in [4.69, 9.17) is 4.74 Å². The van der Waals surface area contributed by atoms with Gasteiger partial charge in [-0.15, -0.1) is 0 Å². The fourth-order valence-corrected chi connectivity index (χ4v) is 2.52. The van der Waals surface area contributed by atoms with Crippen molar-refractivity contribution in [2.24, 2.45) is 0 Å². The number of hydrogen-bond donors (Lipinski definition) is 1. The molecule has 1 aliphatic heterocycles. The predicted molar refractivity (Wildman–Crippen MR) is 73.4 cm³/mol. The second-order valence-corrected chi connectivity index (χ2v) is 5.67. The van der Waals surface area contributed by atoms with E-state index in [9.17, 15) is 5.26 Å². The molecule has 1 aliphatic rings. The van der Waals surface area contributed by atoms with Gasteiger partial charge in [0.15, 0.2) is 0 Å². The first-order valence-electron chi connectivity index (χ1n) is 7.01. The molecule has 18 heavy (non-hydrogen) atoms. The van der Waals surface area contributed by atoms with Crippen molar-refractivity contribution >= 4 is 0 Å². The summed E-state index contributed by atoms with van der Waals surface area (Å²) >= 11 is 0. The summed E-state index contributed by atoms with van der Waals surface area (Å²) in [7, 11) is 0. The fraction of sp³-hybridized carbons (Fsp3) is 0.929. The van der Waals surface area contributed by atoms with Crippen LogP contribution in [0.4, 0.5) is 0 Å². The van der Waals surface area contributed by atoms with E-state index in [-0.39, 0.29) is 0 Å². The zero-order valence-corrected chi connectivity index (χ0v) is 12.2. The Kier molecular flexibility index (Phi) is 6.07. The largest absolute Gasteiger partial charge is 0.378 e. The van der Waals surface area contributed by atoms with Crippen molar-refractivity contribution in [1.82, 2.24) is 10.2 Å². The molecule has 1 heterocycles. The molecule has 0 aromatic rings. The van der Waals surface area contributed by atoms with Crippen molar-refractivity contribution in [3.05, 3.63) is 0 Å². The summed E-state index contributed by atoms with van der Waals surface area (Å²) in [6.45, 7) is 12.0. The van der Waals surface area contributed by atoms with Gasteiger partial charge in [-0.2, -0.15) is 5.26 Å². The average molecular weight is 253 g/mol. The van der Waals surface area contributed by atoms with Crippen LogP contribution in [0.15, 0.2) is 0 Å². The summed E-state index contributed by atoms with van der Waals surface area (Å²) in [5, 5.41) is 12.7. The van der Waals surface area contributed by atoms with Gasteiger partial charge < -0.3 is 4.74 Å². The van der Waals surface area contributed by atoms with Crippen molar-refractivity contribution < 1.29 is 4.74 Å². The van der Waals surface area contributed by atoms with Gasteiger partial charge in [0.1, 0.15) is 5.54 Å². The smallest absolute Gasteiger partial charge is 0.105 e.